The topological polar surface area (TPSA) is 59.5 Å². The van der Waals surface area contributed by atoms with E-state index in [9.17, 15) is 8.42 Å². The van der Waals surface area contributed by atoms with Crippen LogP contribution in [0, 0.1) is 0 Å². The van der Waals surface area contributed by atoms with Crippen LogP contribution in [0.1, 0.15) is 37.1 Å². The zero-order valence-corrected chi connectivity index (χ0v) is 16.8. The Kier molecular flexibility index (Phi) is 6.80. The van der Waals surface area contributed by atoms with Crippen LogP contribution in [-0.4, -0.2) is 44.5 Å². The summed E-state index contributed by atoms with van der Waals surface area (Å²) in [6.07, 6.45) is 5.98. The van der Waals surface area contributed by atoms with Gasteiger partial charge in [0.1, 0.15) is 0 Å². The van der Waals surface area contributed by atoms with Crippen molar-refractivity contribution in [3.63, 3.8) is 0 Å². The van der Waals surface area contributed by atoms with Gasteiger partial charge in [0.15, 0.2) is 0 Å². The Labute approximate surface area is 160 Å². The fraction of sp³-hybridized carbons (Fsp3) is 0.526. The molecule has 0 spiro atoms. The highest BCUT2D eigenvalue weighted by molar-refractivity contribution is 7.89. The number of sulfonamides is 1. The Morgan fingerprint density at radius 2 is 1.81 bits per heavy atom. The highest BCUT2D eigenvalue weighted by atomic mass is 32.2. The molecule has 2 aromatic rings. The van der Waals surface area contributed by atoms with E-state index < -0.39 is 10.0 Å². The number of aromatic nitrogens is 1. The van der Waals surface area contributed by atoms with E-state index in [4.69, 9.17) is 4.74 Å². The van der Waals surface area contributed by atoms with Gasteiger partial charge in [0, 0.05) is 44.2 Å². The number of methoxy groups -OCH3 is 1. The summed E-state index contributed by atoms with van der Waals surface area (Å²) in [6.45, 7) is 1.99. The SMILES string of the molecule is COCCCc1nc(-c2ccc(S(=O)(=O)N3CCCCCC3)cc2)cs1. The summed E-state index contributed by atoms with van der Waals surface area (Å²) in [5.74, 6) is 0. The maximum atomic E-state index is 12.8. The van der Waals surface area contributed by atoms with Gasteiger partial charge in [-0.2, -0.15) is 4.31 Å². The first-order chi connectivity index (χ1) is 12.6. The summed E-state index contributed by atoms with van der Waals surface area (Å²) >= 11 is 1.64. The highest BCUT2D eigenvalue weighted by Crippen LogP contribution is 2.26. The molecule has 1 aromatic heterocycles. The summed E-state index contributed by atoms with van der Waals surface area (Å²) < 4.78 is 32.4. The molecule has 1 saturated heterocycles. The van der Waals surface area contributed by atoms with Crippen LogP contribution in [-0.2, 0) is 21.2 Å². The van der Waals surface area contributed by atoms with Crippen molar-refractivity contribution in [1.29, 1.82) is 0 Å². The molecule has 1 aliphatic rings. The maximum Gasteiger partial charge on any atom is 0.243 e. The third kappa shape index (κ3) is 4.71. The van der Waals surface area contributed by atoms with Crippen LogP contribution in [0.25, 0.3) is 11.3 Å². The zero-order valence-electron chi connectivity index (χ0n) is 15.2. The molecule has 3 rings (SSSR count). The summed E-state index contributed by atoms with van der Waals surface area (Å²) in [4.78, 5) is 5.02. The van der Waals surface area contributed by atoms with Crippen molar-refractivity contribution in [3.05, 3.63) is 34.7 Å². The Morgan fingerprint density at radius 1 is 1.12 bits per heavy atom. The number of aryl methyl sites for hydroxylation is 1. The first kappa shape index (κ1) is 19.5. The molecule has 0 aliphatic carbocycles. The molecule has 0 bridgehead atoms. The van der Waals surface area contributed by atoms with Crippen molar-refractivity contribution in [1.82, 2.24) is 9.29 Å². The van der Waals surface area contributed by atoms with Gasteiger partial charge >= 0.3 is 0 Å². The first-order valence-corrected chi connectivity index (χ1v) is 11.5. The summed E-state index contributed by atoms with van der Waals surface area (Å²) in [5, 5.41) is 3.11. The van der Waals surface area contributed by atoms with E-state index in [1.54, 1.807) is 34.9 Å². The number of hydrogen-bond acceptors (Lipinski definition) is 5. The van der Waals surface area contributed by atoms with E-state index in [-0.39, 0.29) is 0 Å². The van der Waals surface area contributed by atoms with Gasteiger partial charge in [-0.05, 0) is 31.4 Å². The second kappa shape index (κ2) is 9.08. The van der Waals surface area contributed by atoms with Crippen molar-refractivity contribution in [3.8, 4) is 11.3 Å². The number of rotatable bonds is 7. The standard InChI is InChI=1S/C19H26N2O3S2/c1-24-14-6-7-19-20-18(15-25-19)16-8-10-17(11-9-16)26(22,23)21-12-4-2-3-5-13-21/h8-11,15H,2-7,12-14H2,1H3. The first-order valence-electron chi connectivity index (χ1n) is 9.15. The smallest absolute Gasteiger partial charge is 0.243 e. The van der Waals surface area contributed by atoms with Crippen LogP contribution in [0.4, 0.5) is 0 Å². The van der Waals surface area contributed by atoms with E-state index in [0.717, 1.165) is 61.4 Å². The zero-order chi connectivity index (χ0) is 18.4. The molecular formula is C19H26N2O3S2. The van der Waals surface area contributed by atoms with Gasteiger partial charge in [0.05, 0.1) is 15.6 Å². The van der Waals surface area contributed by atoms with Crippen LogP contribution in [0.3, 0.4) is 0 Å². The molecule has 142 valence electrons. The number of benzene rings is 1. The van der Waals surface area contributed by atoms with Gasteiger partial charge in [-0.3, -0.25) is 0 Å². The van der Waals surface area contributed by atoms with E-state index in [1.807, 2.05) is 17.5 Å². The molecule has 5 nitrogen and oxygen atoms in total. The molecule has 26 heavy (non-hydrogen) atoms. The Bertz CT molecular complexity index is 792. The summed E-state index contributed by atoms with van der Waals surface area (Å²) in [7, 11) is -1.69. The predicted molar refractivity (Wildman–Crippen MR) is 105 cm³/mol. The van der Waals surface area contributed by atoms with E-state index in [2.05, 4.69) is 4.98 Å². The normalized spacial score (nSPS) is 16.5. The lowest BCUT2D eigenvalue weighted by atomic mass is 10.2. The molecule has 0 amide bonds. The average molecular weight is 395 g/mol. The molecule has 0 N–H and O–H groups in total. The minimum absolute atomic E-state index is 0.374. The van der Waals surface area contributed by atoms with Gasteiger partial charge in [-0.15, -0.1) is 11.3 Å². The van der Waals surface area contributed by atoms with Gasteiger partial charge in [-0.1, -0.05) is 25.0 Å². The molecule has 1 fully saturated rings. The Balaban J connectivity index is 1.71. The molecule has 0 atom stereocenters. The number of ether oxygens (including phenoxy) is 1. The van der Waals surface area contributed by atoms with Crippen molar-refractivity contribution in [2.24, 2.45) is 0 Å². The number of nitrogens with zero attached hydrogens (tertiary/aromatic N) is 2. The molecule has 0 saturated carbocycles. The minimum atomic E-state index is -3.39. The lowest BCUT2D eigenvalue weighted by Crippen LogP contribution is -2.31. The van der Waals surface area contributed by atoms with Crippen LogP contribution < -0.4 is 0 Å². The molecular weight excluding hydrogens is 368 g/mol. The molecule has 1 aromatic carbocycles. The third-order valence-corrected chi connectivity index (χ3v) is 7.47. The van der Waals surface area contributed by atoms with Crippen molar-refractivity contribution < 1.29 is 13.2 Å². The van der Waals surface area contributed by atoms with Crippen molar-refractivity contribution >= 4 is 21.4 Å². The van der Waals surface area contributed by atoms with E-state index >= 15 is 0 Å². The third-order valence-electron chi connectivity index (χ3n) is 4.64. The summed E-state index contributed by atoms with van der Waals surface area (Å²) in [6, 6.07) is 7.14. The van der Waals surface area contributed by atoms with Crippen molar-refractivity contribution in [2.75, 3.05) is 26.8 Å². The second-order valence-corrected chi connectivity index (χ2v) is 9.45. The fourth-order valence-electron chi connectivity index (χ4n) is 3.15. The van der Waals surface area contributed by atoms with Crippen LogP contribution in [0.2, 0.25) is 0 Å². The van der Waals surface area contributed by atoms with Crippen LogP contribution in [0.15, 0.2) is 34.5 Å². The van der Waals surface area contributed by atoms with Crippen molar-refractivity contribution in [2.45, 2.75) is 43.4 Å². The van der Waals surface area contributed by atoms with Gasteiger partial charge < -0.3 is 4.74 Å². The number of hydrogen-bond donors (Lipinski definition) is 0. The molecule has 0 radical (unpaired) electrons. The summed E-state index contributed by atoms with van der Waals surface area (Å²) in [5.41, 5.74) is 1.86. The highest BCUT2D eigenvalue weighted by Gasteiger charge is 2.25. The van der Waals surface area contributed by atoms with Crippen LogP contribution in [0.5, 0.6) is 0 Å². The Morgan fingerprint density at radius 3 is 2.46 bits per heavy atom. The van der Waals surface area contributed by atoms with Gasteiger partial charge in [-0.25, -0.2) is 13.4 Å². The fourth-order valence-corrected chi connectivity index (χ4v) is 5.52. The van der Waals surface area contributed by atoms with E-state index in [0.29, 0.717) is 18.0 Å². The van der Waals surface area contributed by atoms with Crippen LogP contribution >= 0.6 is 11.3 Å². The lowest BCUT2D eigenvalue weighted by Gasteiger charge is -2.19. The largest absolute Gasteiger partial charge is 0.385 e. The molecule has 0 unspecified atom stereocenters. The molecule has 1 aliphatic heterocycles. The lowest BCUT2D eigenvalue weighted by molar-refractivity contribution is 0.195. The van der Waals surface area contributed by atoms with Gasteiger partial charge in [0.25, 0.3) is 0 Å². The van der Waals surface area contributed by atoms with E-state index in [1.165, 1.54) is 0 Å². The minimum Gasteiger partial charge on any atom is -0.385 e. The van der Waals surface area contributed by atoms with Gasteiger partial charge in [0.2, 0.25) is 10.0 Å². The second-order valence-electron chi connectivity index (χ2n) is 6.57. The molecule has 2 heterocycles. The predicted octanol–water partition coefficient (Wildman–Crippen LogP) is 3.95. The molecule has 7 heteroatoms. The number of thiazole rings is 1. The maximum absolute atomic E-state index is 12.8. The Hall–Kier alpha value is -1.28. The quantitative estimate of drug-likeness (QED) is 0.667. The monoisotopic (exact) mass is 394 g/mol. The average Bonchev–Trinajstić information content (AvgIpc) is 2.94.